The second-order valence-electron chi connectivity index (χ2n) is 32.5. The van der Waals surface area contributed by atoms with Gasteiger partial charge in [0.1, 0.15) is 72.6 Å². The number of aliphatic hydroxyl groups is 4. The molecule has 4 aliphatic heterocycles. The number of hydrogen-bond acceptors (Lipinski definition) is 27. The van der Waals surface area contributed by atoms with Gasteiger partial charge in [0.2, 0.25) is 29.9 Å². The number of carboxylic acid groups (broad SMARTS) is 1. The molecule has 8 aromatic rings. The molecule has 128 heavy (non-hydrogen) atoms. The molecule has 2 fully saturated rings. The zero-order valence-electron chi connectivity index (χ0n) is 71.3. The normalized spacial score (nSPS) is 19.3. The van der Waals surface area contributed by atoms with Gasteiger partial charge >= 0.3 is 24.1 Å². The van der Waals surface area contributed by atoms with Gasteiger partial charge in [-0.15, -0.1) is 0 Å². The maximum atomic E-state index is 15.7. The largest absolute Gasteiger partial charge is 0.479 e. The molecule has 17 N–H and O–H groups in total. The number of H-pyrrole nitrogens is 1. The van der Waals surface area contributed by atoms with Crippen molar-refractivity contribution in [2.45, 2.75) is 173 Å². The zero-order chi connectivity index (χ0) is 91.4. The van der Waals surface area contributed by atoms with Crippen molar-refractivity contribution in [2.75, 3.05) is 108 Å². The van der Waals surface area contributed by atoms with Gasteiger partial charge in [0.25, 0.3) is 5.56 Å². The summed E-state index contributed by atoms with van der Waals surface area (Å²) in [6, 6.07) is 13.6. The van der Waals surface area contributed by atoms with Crippen LogP contribution in [0.5, 0.6) is 5.75 Å². The number of imidazole rings is 1. The highest BCUT2D eigenvalue weighted by molar-refractivity contribution is 6.31. The number of piperidine rings is 1. The average molecular weight is 1800 g/mol. The van der Waals surface area contributed by atoms with Crippen molar-refractivity contribution in [1.29, 1.82) is 0 Å². The number of benzene rings is 4. The standard InChI is InChI=1S/C88H106ClF2N15O22/c1-6-88(120)57-37-64-72-55(41-106(64)82(114)56(57)43-125-85(88)117)68-48(10-12-53-46(5)58(91)38-63(99-72)69(53)68)39-98-87(119)126-42-47-9-13-60(65(34-47)127-84-76(111)74(109)75(110)77(128-84)83(115)116)102-80(112)61(8-7-19-96-86(93)118)103-81(113)71(44(2)3)104-67(108)18-25-122-27-29-124-31-30-123-28-26-121-24-17-66(107)94-20-21-95-78-70(79-100-59-14-11-50(89)36-62(59)101-79)73(105-22-15-52(92)16-23-105)54(40-97-78)49-32-45(4)33-51(90)35-49/h9,11,13-14,32-38,40,44,48,52,61,71,74-77,84,109-111,120H,6-8,10,12,15-31,39,41-43,92H2,1-5H3,(H,94,107)(H,95,97)(H,98,119)(H,100,101)(H,102,112)(H,103,113)(H,104,108)(H,115,116)(H3,93,96,118)/t48?,61?,71-,74-,75-,76+,77-,84+,88-/m0/s1. The van der Waals surface area contributed by atoms with Gasteiger partial charge in [-0.25, -0.2) is 42.9 Å². The summed E-state index contributed by atoms with van der Waals surface area (Å²) >= 11 is 6.39. The molecule has 1 aliphatic carbocycles. The van der Waals surface area contributed by atoms with E-state index < -0.39 is 120 Å². The van der Waals surface area contributed by atoms with Gasteiger partial charge in [-0.2, -0.15) is 0 Å². The molecule has 0 radical (unpaired) electrons. The Kier molecular flexibility index (Phi) is 30.9. The van der Waals surface area contributed by atoms with Crippen molar-refractivity contribution >= 4 is 98.4 Å². The average Bonchev–Trinajstić information content (AvgIpc) is 1.55. The second-order valence-corrected chi connectivity index (χ2v) is 33.0. The van der Waals surface area contributed by atoms with Crippen LogP contribution in [-0.4, -0.2) is 239 Å². The van der Waals surface area contributed by atoms with Crippen molar-refractivity contribution in [2.24, 2.45) is 17.4 Å². The van der Waals surface area contributed by atoms with Gasteiger partial charge in [0.05, 0.1) is 110 Å². The Labute approximate surface area is 738 Å². The van der Waals surface area contributed by atoms with Crippen molar-refractivity contribution in [3.05, 3.63) is 144 Å². The first-order chi connectivity index (χ1) is 61.4. The van der Waals surface area contributed by atoms with E-state index >= 15 is 8.78 Å². The van der Waals surface area contributed by atoms with Crippen molar-refractivity contribution in [3.8, 4) is 39.7 Å². The number of urea groups is 1. The Balaban J connectivity index is 0.559. The van der Waals surface area contributed by atoms with Crippen molar-refractivity contribution in [3.63, 3.8) is 0 Å². The lowest BCUT2D eigenvalue weighted by Gasteiger charge is -2.38. The molecular formula is C88H106ClF2N15O22. The van der Waals surface area contributed by atoms with E-state index in [1.165, 1.54) is 41.0 Å². The first-order valence-electron chi connectivity index (χ1n) is 42.5. The predicted molar refractivity (Wildman–Crippen MR) is 462 cm³/mol. The molecule has 0 bridgehead atoms. The minimum Gasteiger partial charge on any atom is -0.479 e. The second kappa shape index (κ2) is 42.1. The number of hydrogen-bond donors (Lipinski definition) is 15. The summed E-state index contributed by atoms with van der Waals surface area (Å²) in [4.78, 5) is 140. The predicted octanol–water partition coefficient (Wildman–Crippen LogP) is 5.48. The maximum Gasteiger partial charge on any atom is 0.407 e. The summed E-state index contributed by atoms with van der Waals surface area (Å²) in [5.41, 5.74) is 17.7. The third-order valence-corrected chi connectivity index (χ3v) is 23.6. The van der Waals surface area contributed by atoms with Crippen LogP contribution in [0.15, 0.2) is 77.7 Å². The van der Waals surface area contributed by atoms with Crippen LogP contribution in [0.25, 0.3) is 55.8 Å². The number of ether oxygens (including phenoxy) is 8. The number of pyridine rings is 3. The molecule has 9 atom stereocenters. The molecule has 0 spiro atoms. The number of anilines is 3. The molecule has 2 saturated heterocycles. The monoisotopic (exact) mass is 1800 g/mol. The summed E-state index contributed by atoms with van der Waals surface area (Å²) in [5.74, 6) is -6.33. The van der Waals surface area contributed by atoms with Crippen LogP contribution < -0.4 is 63.9 Å². The van der Waals surface area contributed by atoms with Crippen LogP contribution in [-0.2, 0) is 93.7 Å². The van der Waals surface area contributed by atoms with E-state index in [2.05, 4.69) is 47.1 Å². The summed E-state index contributed by atoms with van der Waals surface area (Å²) in [7, 11) is 0. The first kappa shape index (κ1) is 94.0. The molecule has 5 aliphatic rings. The first-order valence-corrected chi connectivity index (χ1v) is 42.9. The van der Waals surface area contributed by atoms with Crippen LogP contribution in [0.4, 0.5) is 35.6 Å². The van der Waals surface area contributed by atoms with Gasteiger partial charge < -0.3 is 127 Å². The van der Waals surface area contributed by atoms with E-state index in [-0.39, 0.29) is 164 Å². The Morgan fingerprint density at radius 3 is 2.20 bits per heavy atom. The minimum absolute atomic E-state index is 0.0223. The van der Waals surface area contributed by atoms with Crippen molar-refractivity contribution in [1.82, 2.24) is 51.1 Å². The molecule has 37 nitrogen and oxygen atoms in total. The summed E-state index contributed by atoms with van der Waals surface area (Å²) < 4.78 is 77.1. The van der Waals surface area contributed by atoms with Gasteiger partial charge in [-0.3, -0.25) is 24.0 Å². The molecule has 13 rings (SSSR count). The molecule has 4 aromatic carbocycles. The summed E-state index contributed by atoms with van der Waals surface area (Å²) in [6.07, 6.45) is -7.66. The third-order valence-electron chi connectivity index (χ3n) is 23.3. The number of fused-ring (bicyclic) bond motifs is 6. The zero-order valence-corrected chi connectivity index (χ0v) is 72.0. The number of aromatic nitrogens is 5. The lowest BCUT2D eigenvalue weighted by molar-refractivity contribution is -0.271. The number of aliphatic hydroxyl groups excluding tert-OH is 3. The summed E-state index contributed by atoms with van der Waals surface area (Å²) in [6.45, 7) is 10.6. The number of carbonyl (C=O) groups excluding carboxylic acids is 7. The Morgan fingerprint density at radius 2 is 1.50 bits per heavy atom. The molecule has 4 aromatic heterocycles. The molecule has 40 heteroatoms. The van der Waals surface area contributed by atoms with Gasteiger partial charge in [-0.1, -0.05) is 44.5 Å². The number of aromatic amines is 1. The molecular weight excluding hydrogens is 1690 g/mol. The Bertz CT molecular complexity index is 5520. The number of esters is 1. The van der Waals surface area contributed by atoms with Crippen LogP contribution in [0.2, 0.25) is 5.02 Å². The smallest absolute Gasteiger partial charge is 0.407 e. The van der Waals surface area contributed by atoms with Crippen LogP contribution in [0, 0.1) is 31.4 Å². The Morgan fingerprint density at radius 1 is 0.781 bits per heavy atom. The fraction of sp³-hybridized carbons (Fsp3) is 0.477. The number of cyclic esters (lactones) is 1. The van der Waals surface area contributed by atoms with Crippen LogP contribution >= 0.6 is 11.6 Å². The van der Waals surface area contributed by atoms with E-state index in [4.69, 9.17) is 75.9 Å². The highest BCUT2D eigenvalue weighted by Gasteiger charge is 2.50. The van der Waals surface area contributed by atoms with E-state index in [1.807, 2.05) is 19.1 Å². The number of nitrogens with one attached hydrogen (secondary N) is 8. The van der Waals surface area contributed by atoms with Crippen molar-refractivity contribution < 1.29 is 111 Å². The maximum absolute atomic E-state index is 15.7. The highest BCUT2D eigenvalue weighted by atomic mass is 35.5. The molecule has 8 heterocycles. The highest BCUT2D eigenvalue weighted by Crippen LogP contribution is 2.48. The number of aryl methyl sites for hydroxylation is 2. The molecule has 7 amide bonds. The van der Waals surface area contributed by atoms with E-state index in [0.717, 1.165) is 35.2 Å². The summed E-state index contributed by atoms with van der Waals surface area (Å²) in [5, 5.41) is 74.6. The number of halogens is 3. The van der Waals surface area contributed by atoms with Gasteiger partial charge in [0, 0.05) is 103 Å². The number of carboxylic acids is 1. The van der Waals surface area contributed by atoms with Gasteiger partial charge in [-0.05, 0) is 147 Å². The number of rotatable bonds is 40. The number of primary amides is 1. The topological polar surface area (TPSA) is 528 Å². The fourth-order valence-corrected chi connectivity index (χ4v) is 16.7. The quantitative estimate of drug-likeness (QED) is 0.0167. The number of alkyl carbamates (subject to hydrolysis) is 1. The fourth-order valence-electron chi connectivity index (χ4n) is 16.5. The van der Waals surface area contributed by atoms with Crippen LogP contribution in [0.1, 0.15) is 123 Å². The van der Waals surface area contributed by atoms with E-state index in [0.29, 0.717) is 110 Å². The lowest BCUT2D eigenvalue weighted by atomic mass is 9.78. The molecule has 0 saturated carbocycles. The van der Waals surface area contributed by atoms with Crippen LogP contribution in [0.3, 0.4) is 0 Å². The van der Waals surface area contributed by atoms with Gasteiger partial charge in [0.15, 0.2) is 11.7 Å². The lowest BCUT2D eigenvalue weighted by Crippen LogP contribution is -2.61. The molecule has 2 unspecified atom stereocenters. The minimum atomic E-state index is -2.13. The number of carbonyl (C=O) groups is 8. The number of nitrogens with two attached hydrogens (primary N) is 2. The molecule has 686 valence electrons. The number of aliphatic carboxylic acids is 1. The Hall–Kier alpha value is -11.6. The third kappa shape index (κ3) is 21.9. The van der Waals surface area contributed by atoms with E-state index in [1.54, 1.807) is 52.1 Å². The number of amides is 7. The van der Waals surface area contributed by atoms with E-state index in [9.17, 15) is 68.7 Å². The number of nitrogens with zero attached hydrogens (tertiary/aromatic N) is 5. The SMILES string of the molecule is CC[C@@]1(O)C(=O)OCc2c1cc1n(c2=O)Cc2c-1nc1cc(F)c(C)c3c1c2C(CNC(=O)OCc1ccc(NC(=O)C(CCCNC(N)=O)NC(=O)[C@@H](NC(=O)CCOCCOCCOCCOCCC(=O)NCCNc2ncc(-c4cc(C)cc(F)c4)c(N4CCC(N)CC4)c2-c2nc4ccc(Cl)cc4[nH]2)C(C)C)c(O[C@@H]2O[C@H](C(=O)O)[C@@H](O)[C@H](O)[C@H]2O)c1)CC3.